The molecule has 0 saturated heterocycles. The zero-order valence-electron chi connectivity index (χ0n) is 12.9. The number of carboxylic acid groups (broad SMARTS) is 1. The van der Waals surface area contributed by atoms with Gasteiger partial charge in [0, 0.05) is 18.6 Å². The van der Waals surface area contributed by atoms with Gasteiger partial charge in [-0.3, -0.25) is 14.9 Å². The van der Waals surface area contributed by atoms with Crippen LogP contribution in [0.25, 0.3) is 0 Å². The van der Waals surface area contributed by atoms with Crippen molar-refractivity contribution >= 4 is 11.7 Å². The van der Waals surface area contributed by atoms with Gasteiger partial charge in [-0.2, -0.15) is 0 Å². The molecule has 0 bridgehead atoms. The zero-order chi connectivity index (χ0) is 17.4. The van der Waals surface area contributed by atoms with Crippen LogP contribution in [-0.2, 0) is 11.2 Å². The fourth-order valence-corrected chi connectivity index (χ4v) is 2.07. The van der Waals surface area contributed by atoms with E-state index in [0.717, 1.165) is 5.56 Å². The van der Waals surface area contributed by atoms with Crippen LogP contribution in [0.5, 0.6) is 11.5 Å². The number of hydrogen-bond donors (Lipinski definition) is 1. The molecule has 0 saturated carbocycles. The summed E-state index contributed by atoms with van der Waals surface area (Å²) in [6.07, 6.45) is 0.439. The lowest BCUT2D eigenvalue weighted by Gasteiger charge is -2.11. The Labute approximate surface area is 138 Å². The summed E-state index contributed by atoms with van der Waals surface area (Å²) in [4.78, 5) is 20.8. The molecule has 2 aromatic carbocycles. The fraction of sp³-hybridized carbons (Fsp3) is 0.235. The molecule has 0 spiro atoms. The number of rotatable bonds is 9. The SMILES string of the molecule is O=C(O)CCc1ccccc1OCCOc1ccc([N+](=O)[O-])cc1. The first-order chi connectivity index (χ1) is 11.6. The van der Waals surface area contributed by atoms with Gasteiger partial charge in [-0.05, 0) is 30.2 Å². The van der Waals surface area contributed by atoms with Crippen molar-refractivity contribution in [2.45, 2.75) is 12.8 Å². The molecule has 0 unspecified atom stereocenters. The molecule has 0 radical (unpaired) electrons. The fourth-order valence-electron chi connectivity index (χ4n) is 2.07. The van der Waals surface area contributed by atoms with Gasteiger partial charge in [0.15, 0.2) is 0 Å². The quantitative estimate of drug-likeness (QED) is 0.431. The number of ether oxygens (including phenoxy) is 2. The smallest absolute Gasteiger partial charge is 0.303 e. The molecule has 7 nitrogen and oxygen atoms in total. The van der Waals surface area contributed by atoms with Gasteiger partial charge < -0.3 is 14.6 Å². The Kier molecular flexibility index (Phi) is 6.13. The zero-order valence-corrected chi connectivity index (χ0v) is 12.9. The Morgan fingerprint density at radius 3 is 2.38 bits per heavy atom. The number of benzene rings is 2. The van der Waals surface area contributed by atoms with E-state index < -0.39 is 10.9 Å². The summed E-state index contributed by atoms with van der Waals surface area (Å²) in [5.41, 5.74) is 0.834. The largest absolute Gasteiger partial charge is 0.490 e. The second-order valence-corrected chi connectivity index (χ2v) is 4.95. The molecule has 2 aromatic rings. The first-order valence-corrected chi connectivity index (χ1v) is 7.36. The van der Waals surface area contributed by atoms with E-state index in [2.05, 4.69) is 0 Å². The number of nitro benzene ring substituents is 1. The van der Waals surface area contributed by atoms with Gasteiger partial charge in [-0.1, -0.05) is 18.2 Å². The molecule has 2 rings (SSSR count). The molecule has 0 fully saturated rings. The van der Waals surface area contributed by atoms with Gasteiger partial charge in [-0.25, -0.2) is 0 Å². The van der Waals surface area contributed by atoms with E-state index in [9.17, 15) is 14.9 Å². The maximum absolute atomic E-state index is 10.7. The van der Waals surface area contributed by atoms with Gasteiger partial charge in [0.1, 0.15) is 24.7 Å². The average molecular weight is 331 g/mol. The number of carboxylic acids is 1. The third-order valence-corrected chi connectivity index (χ3v) is 3.24. The molecule has 126 valence electrons. The Morgan fingerprint density at radius 1 is 1.04 bits per heavy atom. The van der Waals surface area contributed by atoms with E-state index in [1.807, 2.05) is 18.2 Å². The van der Waals surface area contributed by atoms with Gasteiger partial charge in [0.2, 0.25) is 0 Å². The van der Waals surface area contributed by atoms with Crippen LogP contribution < -0.4 is 9.47 Å². The summed E-state index contributed by atoms with van der Waals surface area (Å²) >= 11 is 0. The van der Waals surface area contributed by atoms with Crippen LogP contribution >= 0.6 is 0 Å². The maximum Gasteiger partial charge on any atom is 0.303 e. The van der Waals surface area contributed by atoms with Crippen molar-refractivity contribution in [1.29, 1.82) is 0 Å². The number of non-ortho nitro benzene ring substituents is 1. The van der Waals surface area contributed by atoms with E-state index in [1.54, 1.807) is 6.07 Å². The number of aryl methyl sites for hydroxylation is 1. The third-order valence-electron chi connectivity index (χ3n) is 3.24. The van der Waals surface area contributed by atoms with Crippen molar-refractivity contribution in [3.05, 3.63) is 64.2 Å². The number of nitrogens with zero attached hydrogens (tertiary/aromatic N) is 1. The first-order valence-electron chi connectivity index (χ1n) is 7.36. The minimum atomic E-state index is -0.855. The van der Waals surface area contributed by atoms with Crippen molar-refractivity contribution in [2.24, 2.45) is 0 Å². The number of para-hydroxylation sites is 1. The highest BCUT2D eigenvalue weighted by Gasteiger charge is 2.07. The van der Waals surface area contributed by atoms with Crippen LogP contribution in [0.4, 0.5) is 5.69 Å². The monoisotopic (exact) mass is 331 g/mol. The van der Waals surface area contributed by atoms with Gasteiger partial charge in [-0.15, -0.1) is 0 Å². The van der Waals surface area contributed by atoms with Crippen molar-refractivity contribution < 1.29 is 24.3 Å². The second-order valence-electron chi connectivity index (χ2n) is 4.95. The average Bonchev–Trinajstić information content (AvgIpc) is 2.58. The second kappa shape index (κ2) is 8.52. The van der Waals surface area contributed by atoms with Crippen LogP contribution in [-0.4, -0.2) is 29.2 Å². The Bertz CT molecular complexity index is 698. The number of nitro groups is 1. The molecule has 0 aliphatic rings. The van der Waals surface area contributed by atoms with E-state index >= 15 is 0 Å². The topological polar surface area (TPSA) is 98.9 Å². The predicted octanol–water partition coefficient (Wildman–Crippen LogP) is 3.07. The lowest BCUT2D eigenvalue weighted by Crippen LogP contribution is -2.10. The molecular formula is C17H17NO6. The Balaban J connectivity index is 1.81. The summed E-state index contributed by atoms with van der Waals surface area (Å²) in [6, 6.07) is 13.1. The van der Waals surface area contributed by atoms with E-state index in [4.69, 9.17) is 14.6 Å². The van der Waals surface area contributed by atoms with Crippen LogP contribution in [0.3, 0.4) is 0 Å². The van der Waals surface area contributed by atoms with E-state index in [0.29, 0.717) is 17.9 Å². The molecule has 0 aromatic heterocycles. The molecule has 7 heteroatoms. The molecule has 0 atom stereocenters. The van der Waals surface area contributed by atoms with Crippen LogP contribution in [0.1, 0.15) is 12.0 Å². The molecule has 0 aliphatic carbocycles. The van der Waals surface area contributed by atoms with Gasteiger partial charge in [0.25, 0.3) is 5.69 Å². The van der Waals surface area contributed by atoms with Crippen molar-refractivity contribution in [3.8, 4) is 11.5 Å². The van der Waals surface area contributed by atoms with Crippen molar-refractivity contribution in [3.63, 3.8) is 0 Å². The summed E-state index contributed by atoms with van der Waals surface area (Å²) < 4.78 is 11.1. The normalized spacial score (nSPS) is 10.2. The number of aliphatic carboxylic acids is 1. The predicted molar refractivity (Wildman–Crippen MR) is 86.5 cm³/mol. The minimum absolute atomic E-state index is 0.00552. The van der Waals surface area contributed by atoms with Gasteiger partial charge in [0.05, 0.1) is 4.92 Å². The highest BCUT2D eigenvalue weighted by atomic mass is 16.6. The lowest BCUT2D eigenvalue weighted by atomic mass is 10.1. The molecule has 0 heterocycles. The summed E-state index contributed by atoms with van der Waals surface area (Å²) in [7, 11) is 0. The summed E-state index contributed by atoms with van der Waals surface area (Å²) in [6.45, 7) is 0.548. The Hall–Kier alpha value is -3.09. The molecular weight excluding hydrogens is 314 g/mol. The van der Waals surface area contributed by atoms with Crippen molar-refractivity contribution in [2.75, 3.05) is 13.2 Å². The van der Waals surface area contributed by atoms with Crippen molar-refractivity contribution in [1.82, 2.24) is 0 Å². The molecule has 24 heavy (non-hydrogen) atoms. The standard InChI is InChI=1S/C17H17NO6/c19-17(20)10-5-13-3-1-2-4-16(13)24-12-11-23-15-8-6-14(7-9-15)18(21)22/h1-4,6-9H,5,10-12H2,(H,19,20). The first kappa shape index (κ1) is 17.3. The molecule has 0 amide bonds. The number of hydrogen-bond acceptors (Lipinski definition) is 5. The summed E-state index contributed by atoms with van der Waals surface area (Å²) in [5.74, 6) is 0.292. The lowest BCUT2D eigenvalue weighted by molar-refractivity contribution is -0.384. The van der Waals surface area contributed by atoms with Crippen LogP contribution in [0, 0.1) is 10.1 Å². The van der Waals surface area contributed by atoms with E-state index in [-0.39, 0.29) is 25.3 Å². The highest BCUT2D eigenvalue weighted by Crippen LogP contribution is 2.20. The molecule has 0 aliphatic heterocycles. The van der Waals surface area contributed by atoms with Gasteiger partial charge >= 0.3 is 5.97 Å². The molecule has 1 N–H and O–H groups in total. The Morgan fingerprint density at radius 2 is 1.71 bits per heavy atom. The highest BCUT2D eigenvalue weighted by molar-refractivity contribution is 5.67. The van der Waals surface area contributed by atoms with Crippen LogP contribution in [0.15, 0.2) is 48.5 Å². The van der Waals surface area contributed by atoms with E-state index in [1.165, 1.54) is 24.3 Å². The third kappa shape index (κ3) is 5.28. The van der Waals surface area contributed by atoms with Crippen LogP contribution in [0.2, 0.25) is 0 Å². The number of carbonyl (C=O) groups is 1. The summed E-state index contributed by atoms with van der Waals surface area (Å²) in [5, 5.41) is 19.3. The minimum Gasteiger partial charge on any atom is -0.490 e. The maximum atomic E-state index is 10.7.